The van der Waals surface area contributed by atoms with Crippen LogP contribution in [-0.4, -0.2) is 23.0 Å². The van der Waals surface area contributed by atoms with E-state index in [1.807, 2.05) is 55.5 Å². The van der Waals surface area contributed by atoms with Crippen LogP contribution in [0, 0.1) is 3.57 Å². The lowest BCUT2D eigenvalue weighted by molar-refractivity contribution is 0.282. The fraction of sp³-hybridized carbons (Fsp3) is 0.222. The Kier molecular flexibility index (Phi) is 8.69. The Morgan fingerprint density at radius 2 is 1.94 bits per heavy atom. The molecule has 6 nitrogen and oxygen atoms in total. The summed E-state index contributed by atoms with van der Waals surface area (Å²) in [6, 6.07) is 16.8. The first kappa shape index (κ1) is 26.6. The Labute approximate surface area is 236 Å². The second-order valence-electron chi connectivity index (χ2n) is 8.25. The maximum absolute atomic E-state index is 13.4. The number of nitrogens with zero attached hydrogens (tertiary/aromatic N) is 3. The first-order valence-electron chi connectivity index (χ1n) is 11.3. The van der Waals surface area contributed by atoms with Gasteiger partial charge in [0.1, 0.15) is 12.4 Å². The monoisotopic (exact) mass is 679 g/mol. The lowest BCUT2D eigenvalue weighted by Crippen LogP contribution is -2.23. The van der Waals surface area contributed by atoms with Gasteiger partial charge in [-0.15, -0.1) is 0 Å². The highest BCUT2D eigenvalue weighted by Gasteiger charge is 2.16. The number of benzene rings is 3. The van der Waals surface area contributed by atoms with Gasteiger partial charge in [0.2, 0.25) is 0 Å². The summed E-state index contributed by atoms with van der Waals surface area (Å²) in [7, 11) is 1.60. The van der Waals surface area contributed by atoms with E-state index in [2.05, 4.69) is 50.5 Å². The van der Waals surface area contributed by atoms with E-state index < -0.39 is 0 Å². The molecule has 0 aliphatic carbocycles. The summed E-state index contributed by atoms with van der Waals surface area (Å²) in [5.41, 5.74) is 2.21. The van der Waals surface area contributed by atoms with E-state index in [1.165, 1.54) is 4.68 Å². The fourth-order valence-corrected chi connectivity index (χ4v) is 4.86. The highest BCUT2D eigenvalue weighted by Crippen LogP contribution is 2.34. The van der Waals surface area contributed by atoms with Crippen molar-refractivity contribution in [3.05, 3.63) is 95.0 Å². The number of rotatable bonds is 8. The van der Waals surface area contributed by atoms with Gasteiger partial charge in [-0.3, -0.25) is 4.79 Å². The Morgan fingerprint density at radius 1 is 1.19 bits per heavy atom. The summed E-state index contributed by atoms with van der Waals surface area (Å²) in [5.74, 6) is 1.90. The van der Waals surface area contributed by atoms with Gasteiger partial charge in [-0.2, -0.15) is 9.78 Å². The molecule has 0 radical (unpaired) electrons. The van der Waals surface area contributed by atoms with Gasteiger partial charge in [-0.05, 0) is 82.6 Å². The standard InChI is InChI=1S/C27H24BrClIN3O3/c1-4-16(2)26-32-23-10-7-19(28)13-21(23)27(34)33(26)31-14-18-11-22(30)25(24(12-18)35-3)36-15-17-5-8-20(29)9-6-17/h5-14,16H,4,15H2,1-3H3/t16-/m1/s1. The van der Waals surface area contributed by atoms with Gasteiger partial charge in [0.15, 0.2) is 11.5 Å². The van der Waals surface area contributed by atoms with Crippen LogP contribution in [0.2, 0.25) is 5.02 Å². The zero-order valence-corrected chi connectivity index (χ0v) is 24.5. The highest BCUT2D eigenvalue weighted by atomic mass is 127. The van der Waals surface area contributed by atoms with Crippen molar-refractivity contribution in [3.63, 3.8) is 0 Å². The summed E-state index contributed by atoms with van der Waals surface area (Å²) in [6.07, 6.45) is 2.47. The normalized spacial score (nSPS) is 12.3. The molecule has 9 heteroatoms. The molecule has 0 fully saturated rings. The van der Waals surface area contributed by atoms with Crippen LogP contribution in [0.4, 0.5) is 0 Å². The third-order valence-corrected chi connectivity index (χ3v) is 7.30. The minimum Gasteiger partial charge on any atom is -0.493 e. The van der Waals surface area contributed by atoms with E-state index in [-0.39, 0.29) is 11.5 Å². The summed E-state index contributed by atoms with van der Waals surface area (Å²) in [5, 5.41) is 5.75. The molecule has 1 aromatic heterocycles. The van der Waals surface area contributed by atoms with Crippen LogP contribution in [0.25, 0.3) is 10.9 Å². The van der Waals surface area contributed by atoms with Gasteiger partial charge >= 0.3 is 0 Å². The number of fused-ring (bicyclic) bond motifs is 1. The summed E-state index contributed by atoms with van der Waals surface area (Å²) in [6.45, 7) is 4.48. The first-order valence-corrected chi connectivity index (χ1v) is 13.6. The maximum atomic E-state index is 13.4. The molecule has 4 aromatic rings. The molecule has 0 aliphatic rings. The van der Waals surface area contributed by atoms with Gasteiger partial charge in [0.05, 0.1) is 27.8 Å². The second kappa shape index (κ2) is 11.7. The van der Waals surface area contributed by atoms with E-state index in [1.54, 1.807) is 19.4 Å². The summed E-state index contributed by atoms with van der Waals surface area (Å²) >= 11 is 11.6. The van der Waals surface area contributed by atoms with Crippen LogP contribution in [0.15, 0.2) is 69.0 Å². The lowest BCUT2D eigenvalue weighted by Gasteiger charge is -2.15. The van der Waals surface area contributed by atoms with E-state index in [0.29, 0.717) is 39.9 Å². The minimum absolute atomic E-state index is 0.0567. The van der Waals surface area contributed by atoms with E-state index >= 15 is 0 Å². The van der Waals surface area contributed by atoms with Gasteiger partial charge in [-0.25, -0.2) is 4.98 Å². The van der Waals surface area contributed by atoms with Crippen LogP contribution in [0.3, 0.4) is 0 Å². The molecule has 0 unspecified atom stereocenters. The van der Waals surface area contributed by atoms with Gasteiger partial charge in [0.25, 0.3) is 5.56 Å². The second-order valence-corrected chi connectivity index (χ2v) is 10.8. The fourth-order valence-electron chi connectivity index (χ4n) is 3.59. The molecule has 0 spiro atoms. The molecule has 0 saturated heterocycles. The van der Waals surface area contributed by atoms with E-state index in [9.17, 15) is 4.79 Å². The molecule has 3 aromatic carbocycles. The molecule has 0 bridgehead atoms. The number of hydrogen-bond donors (Lipinski definition) is 0. The van der Waals surface area contributed by atoms with Crippen LogP contribution >= 0.6 is 50.1 Å². The average Bonchev–Trinajstić information content (AvgIpc) is 2.87. The van der Waals surface area contributed by atoms with Crippen molar-refractivity contribution in [3.8, 4) is 11.5 Å². The van der Waals surface area contributed by atoms with Gasteiger partial charge in [-0.1, -0.05) is 53.5 Å². The Morgan fingerprint density at radius 3 is 2.64 bits per heavy atom. The molecule has 186 valence electrons. The van der Waals surface area contributed by atoms with Crippen molar-refractivity contribution in [2.75, 3.05) is 7.11 Å². The lowest BCUT2D eigenvalue weighted by atomic mass is 10.1. The van der Waals surface area contributed by atoms with E-state index in [4.69, 9.17) is 26.1 Å². The van der Waals surface area contributed by atoms with Gasteiger partial charge < -0.3 is 9.47 Å². The molecule has 0 aliphatic heterocycles. The topological polar surface area (TPSA) is 65.7 Å². The number of aromatic nitrogens is 2. The quantitative estimate of drug-likeness (QED) is 0.144. The molecular weight excluding hydrogens is 657 g/mol. The van der Waals surface area contributed by atoms with Crippen LogP contribution < -0.4 is 15.0 Å². The third-order valence-electron chi connectivity index (χ3n) is 5.76. The maximum Gasteiger partial charge on any atom is 0.282 e. The summed E-state index contributed by atoms with van der Waals surface area (Å²) < 4.78 is 14.7. The Bertz CT molecular complexity index is 1490. The number of methoxy groups -OCH3 is 1. The predicted octanol–water partition coefficient (Wildman–Crippen LogP) is 7.40. The Hall–Kier alpha value is -2.43. The molecule has 1 atom stereocenters. The summed E-state index contributed by atoms with van der Waals surface area (Å²) in [4.78, 5) is 18.1. The van der Waals surface area contributed by atoms with Crippen molar-refractivity contribution in [2.24, 2.45) is 5.10 Å². The molecular formula is C27H24BrClIN3O3. The van der Waals surface area contributed by atoms with Crippen molar-refractivity contribution < 1.29 is 9.47 Å². The van der Waals surface area contributed by atoms with Gasteiger partial charge in [0, 0.05) is 15.4 Å². The average molecular weight is 681 g/mol. The van der Waals surface area contributed by atoms with Crippen molar-refractivity contribution in [2.45, 2.75) is 32.8 Å². The molecule has 0 N–H and O–H groups in total. The largest absolute Gasteiger partial charge is 0.493 e. The highest BCUT2D eigenvalue weighted by molar-refractivity contribution is 14.1. The van der Waals surface area contributed by atoms with Crippen molar-refractivity contribution >= 4 is 67.2 Å². The third kappa shape index (κ3) is 5.92. The number of ether oxygens (including phenoxy) is 2. The molecule has 4 rings (SSSR count). The SMILES string of the molecule is CC[C@@H](C)c1nc2ccc(Br)cc2c(=O)n1N=Cc1cc(I)c(OCc2ccc(Cl)cc2)c(OC)c1. The number of hydrogen-bond acceptors (Lipinski definition) is 5. The number of halogens is 3. The molecule has 1 heterocycles. The molecule has 0 saturated carbocycles. The van der Waals surface area contributed by atoms with Crippen LogP contribution in [0.5, 0.6) is 11.5 Å². The minimum atomic E-state index is -0.211. The first-order chi connectivity index (χ1) is 17.3. The van der Waals surface area contributed by atoms with Crippen molar-refractivity contribution in [1.29, 1.82) is 0 Å². The zero-order valence-electron chi connectivity index (χ0n) is 20.0. The van der Waals surface area contributed by atoms with Crippen molar-refractivity contribution in [1.82, 2.24) is 9.66 Å². The molecule has 36 heavy (non-hydrogen) atoms. The predicted molar refractivity (Wildman–Crippen MR) is 157 cm³/mol. The molecule has 0 amide bonds. The van der Waals surface area contributed by atoms with Crippen LogP contribution in [-0.2, 0) is 6.61 Å². The Balaban J connectivity index is 1.69. The van der Waals surface area contributed by atoms with Crippen LogP contribution in [0.1, 0.15) is 43.1 Å². The smallest absolute Gasteiger partial charge is 0.282 e. The van der Waals surface area contributed by atoms with E-state index in [0.717, 1.165) is 25.6 Å². The zero-order chi connectivity index (χ0) is 25.8.